The molecule has 0 aromatic heterocycles. The highest BCUT2D eigenvalue weighted by molar-refractivity contribution is 9.10. The third-order valence-electron chi connectivity index (χ3n) is 1.70. The van der Waals surface area contributed by atoms with Crippen molar-refractivity contribution < 1.29 is 4.79 Å². The Balaban J connectivity index is 2.94. The molecule has 0 unspecified atom stereocenters. The van der Waals surface area contributed by atoms with Gasteiger partial charge in [-0.2, -0.15) is 0 Å². The average Bonchev–Trinajstić information content (AvgIpc) is 2.17. The van der Waals surface area contributed by atoms with Crippen molar-refractivity contribution in [3.63, 3.8) is 0 Å². The molecule has 0 aliphatic heterocycles. The van der Waals surface area contributed by atoms with Crippen LogP contribution >= 0.6 is 27.7 Å². The van der Waals surface area contributed by atoms with E-state index in [-0.39, 0.29) is 5.91 Å². The van der Waals surface area contributed by atoms with E-state index >= 15 is 0 Å². The van der Waals surface area contributed by atoms with Gasteiger partial charge in [0, 0.05) is 11.4 Å². The summed E-state index contributed by atoms with van der Waals surface area (Å²) < 4.78 is 1.03. The molecule has 1 aromatic rings. The molecule has 0 heterocycles. The minimum Gasteiger partial charge on any atom is -0.325 e. The molecule has 15 heavy (non-hydrogen) atoms. The Morgan fingerprint density at radius 2 is 2.00 bits per heavy atom. The Kier molecular flexibility index (Phi) is 4.91. The SMILES string of the molecule is CS/C=C(\NC(C)=O)c1ccc(Br)cc1. The van der Waals surface area contributed by atoms with Crippen LogP contribution in [0.4, 0.5) is 0 Å². The van der Waals surface area contributed by atoms with Crippen molar-refractivity contribution in [2.24, 2.45) is 0 Å². The van der Waals surface area contributed by atoms with Gasteiger partial charge in [0.15, 0.2) is 0 Å². The second kappa shape index (κ2) is 5.98. The molecule has 2 nitrogen and oxygen atoms in total. The maximum absolute atomic E-state index is 11.0. The Bertz CT molecular complexity index is 373. The van der Waals surface area contributed by atoms with Crippen LogP contribution in [-0.4, -0.2) is 12.2 Å². The third kappa shape index (κ3) is 4.10. The number of halogens is 1. The quantitative estimate of drug-likeness (QED) is 0.924. The standard InChI is InChI=1S/C11H12BrNOS/c1-8(14)13-11(7-15-2)9-3-5-10(12)6-4-9/h3-7H,1-2H3,(H,13,14)/b11-7-. The first kappa shape index (κ1) is 12.3. The molecule has 1 rings (SSSR count). The van der Waals surface area contributed by atoms with Gasteiger partial charge < -0.3 is 5.32 Å². The third-order valence-corrected chi connectivity index (χ3v) is 2.70. The van der Waals surface area contributed by atoms with Gasteiger partial charge in [0.05, 0.1) is 5.70 Å². The van der Waals surface area contributed by atoms with Crippen molar-refractivity contribution in [2.45, 2.75) is 6.92 Å². The summed E-state index contributed by atoms with van der Waals surface area (Å²) in [5.41, 5.74) is 1.84. The van der Waals surface area contributed by atoms with Crippen LogP contribution in [0.5, 0.6) is 0 Å². The van der Waals surface area contributed by atoms with Crippen LogP contribution < -0.4 is 5.32 Å². The fourth-order valence-corrected chi connectivity index (χ4v) is 1.80. The van der Waals surface area contributed by atoms with Crippen LogP contribution in [0, 0.1) is 0 Å². The van der Waals surface area contributed by atoms with Crippen molar-refractivity contribution >= 4 is 39.3 Å². The lowest BCUT2D eigenvalue weighted by molar-refractivity contribution is -0.117. The van der Waals surface area contributed by atoms with E-state index in [1.165, 1.54) is 6.92 Å². The lowest BCUT2D eigenvalue weighted by Crippen LogP contribution is -2.17. The molecule has 0 saturated carbocycles. The van der Waals surface area contributed by atoms with E-state index in [0.29, 0.717) is 0 Å². The molecule has 0 aliphatic rings. The molecular weight excluding hydrogens is 274 g/mol. The van der Waals surface area contributed by atoms with E-state index in [9.17, 15) is 4.79 Å². The molecule has 1 N–H and O–H groups in total. The number of nitrogens with one attached hydrogen (secondary N) is 1. The molecule has 0 radical (unpaired) electrons. The largest absolute Gasteiger partial charge is 0.325 e. The van der Waals surface area contributed by atoms with Crippen molar-refractivity contribution in [3.8, 4) is 0 Å². The van der Waals surface area contributed by atoms with Gasteiger partial charge in [-0.15, -0.1) is 11.8 Å². The van der Waals surface area contributed by atoms with Crippen molar-refractivity contribution in [1.29, 1.82) is 0 Å². The normalized spacial score (nSPS) is 11.3. The van der Waals surface area contributed by atoms with Crippen LogP contribution in [0.3, 0.4) is 0 Å². The highest BCUT2D eigenvalue weighted by Crippen LogP contribution is 2.18. The average molecular weight is 286 g/mol. The second-order valence-electron chi connectivity index (χ2n) is 2.96. The number of benzene rings is 1. The molecule has 0 aliphatic carbocycles. The number of carbonyl (C=O) groups is 1. The summed E-state index contributed by atoms with van der Waals surface area (Å²) in [5, 5.41) is 4.72. The van der Waals surface area contributed by atoms with Crippen molar-refractivity contribution in [2.75, 3.05) is 6.26 Å². The Morgan fingerprint density at radius 1 is 1.40 bits per heavy atom. The predicted octanol–water partition coefficient (Wildman–Crippen LogP) is 3.25. The topological polar surface area (TPSA) is 29.1 Å². The molecule has 80 valence electrons. The number of hydrogen-bond donors (Lipinski definition) is 1. The zero-order valence-electron chi connectivity index (χ0n) is 8.58. The summed E-state index contributed by atoms with van der Waals surface area (Å²) in [6.45, 7) is 1.51. The fourth-order valence-electron chi connectivity index (χ4n) is 1.11. The molecule has 0 atom stereocenters. The van der Waals surface area contributed by atoms with E-state index in [2.05, 4.69) is 21.2 Å². The van der Waals surface area contributed by atoms with E-state index < -0.39 is 0 Å². The van der Waals surface area contributed by atoms with Crippen LogP contribution in [0.2, 0.25) is 0 Å². The lowest BCUT2D eigenvalue weighted by Gasteiger charge is -2.07. The molecular formula is C11H12BrNOS. The van der Waals surface area contributed by atoms with Gasteiger partial charge in [0.25, 0.3) is 0 Å². The number of hydrogen-bond acceptors (Lipinski definition) is 2. The molecule has 0 fully saturated rings. The Morgan fingerprint density at radius 3 is 2.47 bits per heavy atom. The van der Waals surface area contributed by atoms with Crippen molar-refractivity contribution in [1.82, 2.24) is 5.32 Å². The Hall–Kier alpha value is -0.740. The summed E-state index contributed by atoms with van der Waals surface area (Å²) in [6, 6.07) is 7.82. The lowest BCUT2D eigenvalue weighted by atomic mass is 10.2. The zero-order valence-corrected chi connectivity index (χ0v) is 11.0. The van der Waals surface area contributed by atoms with Gasteiger partial charge in [-0.1, -0.05) is 28.1 Å². The van der Waals surface area contributed by atoms with Gasteiger partial charge in [-0.05, 0) is 29.4 Å². The predicted molar refractivity (Wildman–Crippen MR) is 69.5 cm³/mol. The molecule has 4 heteroatoms. The number of rotatable bonds is 3. The molecule has 0 bridgehead atoms. The highest BCUT2D eigenvalue weighted by atomic mass is 79.9. The van der Waals surface area contributed by atoms with E-state index in [0.717, 1.165) is 15.7 Å². The van der Waals surface area contributed by atoms with Gasteiger partial charge >= 0.3 is 0 Å². The monoisotopic (exact) mass is 285 g/mol. The zero-order chi connectivity index (χ0) is 11.3. The van der Waals surface area contributed by atoms with E-state index in [4.69, 9.17) is 0 Å². The Labute approximate surface area is 102 Å². The summed E-state index contributed by atoms with van der Waals surface area (Å²) in [5.74, 6) is -0.0572. The number of carbonyl (C=O) groups excluding carboxylic acids is 1. The maximum atomic E-state index is 11.0. The van der Waals surface area contributed by atoms with Crippen LogP contribution in [0.25, 0.3) is 5.70 Å². The number of thioether (sulfide) groups is 1. The van der Waals surface area contributed by atoms with Crippen LogP contribution in [0.15, 0.2) is 34.1 Å². The van der Waals surface area contributed by atoms with Gasteiger partial charge in [0.1, 0.15) is 0 Å². The first-order valence-electron chi connectivity index (χ1n) is 4.40. The smallest absolute Gasteiger partial charge is 0.221 e. The maximum Gasteiger partial charge on any atom is 0.221 e. The minimum atomic E-state index is -0.0572. The summed E-state index contributed by atoms with van der Waals surface area (Å²) in [4.78, 5) is 11.0. The second-order valence-corrected chi connectivity index (χ2v) is 4.58. The molecule has 0 saturated heterocycles. The van der Waals surface area contributed by atoms with Crippen LogP contribution in [-0.2, 0) is 4.79 Å². The minimum absolute atomic E-state index is 0.0572. The highest BCUT2D eigenvalue weighted by Gasteiger charge is 2.02. The molecule has 0 spiro atoms. The van der Waals surface area contributed by atoms with Gasteiger partial charge in [-0.25, -0.2) is 0 Å². The molecule has 1 amide bonds. The van der Waals surface area contributed by atoms with E-state index in [1.807, 2.05) is 35.9 Å². The summed E-state index contributed by atoms with van der Waals surface area (Å²) in [6.07, 6.45) is 1.96. The summed E-state index contributed by atoms with van der Waals surface area (Å²) in [7, 11) is 0. The van der Waals surface area contributed by atoms with Gasteiger partial charge in [-0.3, -0.25) is 4.79 Å². The molecule has 1 aromatic carbocycles. The number of amides is 1. The first-order valence-corrected chi connectivity index (χ1v) is 6.48. The first-order chi connectivity index (χ1) is 7.13. The van der Waals surface area contributed by atoms with Crippen LogP contribution in [0.1, 0.15) is 12.5 Å². The van der Waals surface area contributed by atoms with Gasteiger partial charge in [0.2, 0.25) is 5.91 Å². The fraction of sp³-hybridized carbons (Fsp3) is 0.182. The summed E-state index contributed by atoms with van der Waals surface area (Å²) >= 11 is 4.93. The van der Waals surface area contributed by atoms with Crippen molar-refractivity contribution in [3.05, 3.63) is 39.7 Å². The van der Waals surface area contributed by atoms with E-state index in [1.54, 1.807) is 11.8 Å².